The van der Waals surface area contributed by atoms with Crippen LogP contribution in [-0.4, -0.2) is 59.0 Å². The largest absolute Gasteiger partial charge is 0.345 e. The van der Waals surface area contributed by atoms with Gasteiger partial charge in [-0.05, 0) is 54.4 Å². The molecule has 4 rings (SSSR count). The number of nitrogens with zero attached hydrogens (tertiary/aromatic N) is 1. The lowest BCUT2D eigenvalue weighted by Gasteiger charge is -2.37. The minimum absolute atomic E-state index is 0.0454. The summed E-state index contributed by atoms with van der Waals surface area (Å²) in [4.78, 5) is 68.3. The Morgan fingerprint density at radius 3 is 2.12 bits per heavy atom. The minimum Gasteiger partial charge on any atom is -0.345 e. The fraction of sp³-hybridized carbons (Fsp3) is 0.656. The smallest absolute Gasteiger partial charge is 0.289 e. The van der Waals surface area contributed by atoms with E-state index in [9.17, 15) is 24.0 Å². The normalized spacial score (nSPS) is 22.1. The van der Waals surface area contributed by atoms with Gasteiger partial charge in [0.2, 0.25) is 23.5 Å². The summed E-state index contributed by atoms with van der Waals surface area (Å²) in [5.41, 5.74) is 0.318. The van der Waals surface area contributed by atoms with Gasteiger partial charge >= 0.3 is 0 Å². The highest BCUT2D eigenvalue weighted by molar-refractivity contribution is 6.38. The number of benzene rings is 1. The second kappa shape index (κ2) is 12.7. The van der Waals surface area contributed by atoms with Crippen molar-refractivity contribution in [2.24, 2.45) is 29.1 Å². The van der Waals surface area contributed by atoms with E-state index in [1.807, 2.05) is 65.0 Å². The summed E-state index contributed by atoms with van der Waals surface area (Å²) in [6.45, 7) is 10.4. The topological polar surface area (TPSA) is 125 Å². The van der Waals surface area contributed by atoms with E-state index in [0.29, 0.717) is 19.4 Å². The maximum Gasteiger partial charge on any atom is 0.289 e. The van der Waals surface area contributed by atoms with Gasteiger partial charge < -0.3 is 20.9 Å². The number of amides is 4. The van der Waals surface area contributed by atoms with Gasteiger partial charge in [0.05, 0.1) is 6.04 Å². The van der Waals surface area contributed by atoms with E-state index < -0.39 is 41.1 Å². The molecule has 4 amide bonds. The van der Waals surface area contributed by atoms with E-state index in [0.717, 1.165) is 31.2 Å². The summed E-state index contributed by atoms with van der Waals surface area (Å²) in [6.07, 6.45) is 4.63. The van der Waals surface area contributed by atoms with Gasteiger partial charge in [-0.15, -0.1) is 0 Å². The van der Waals surface area contributed by atoms with Gasteiger partial charge in [-0.3, -0.25) is 24.0 Å². The fourth-order valence-electron chi connectivity index (χ4n) is 5.72. The molecule has 3 aliphatic rings. The average Bonchev–Trinajstić information content (AvgIpc) is 3.87. The second-order valence-electron chi connectivity index (χ2n) is 13.5. The number of Topliss-reactive ketones (excluding diaryl/α,β-unsaturated/α-hetero) is 1. The zero-order valence-electron chi connectivity index (χ0n) is 25.1. The number of nitrogens with one attached hydrogen (secondary N) is 3. The zero-order chi connectivity index (χ0) is 29.9. The molecular weight excluding hydrogens is 520 g/mol. The molecule has 0 radical (unpaired) electrons. The monoisotopic (exact) mass is 566 g/mol. The number of likely N-dealkylation sites (tertiary alicyclic amines) is 1. The Balaban J connectivity index is 1.50. The molecule has 1 unspecified atom stereocenters. The van der Waals surface area contributed by atoms with Gasteiger partial charge in [-0.1, -0.05) is 77.8 Å². The van der Waals surface area contributed by atoms with Crippen molar-refractivity contribution in [3.63, 3.8) is 0 Å². The second-order valence-corrected chi connectivity index (χ2v) is 13.5. The van der Waals surface area contributed by atoms with Crippen molar-refractivity contribution in [3.8, 4) is 0 Å². The van der Waals surface area contributed by atoms with Crippen molar-refractivity contribution in [3.05, 3.63) is 35.9 Å². The van der Waals surface area contributed by atoms with Crippen molar-refractivity contribution in [2.45, 2.75) is 97.8 Å². The molecule has 224 valence electrons. The molecule has 0 spiro atoms. The van der Waals surface area contributed by atoms with Crippen LogP contribution in [0.3, 0.4) is 0 Å². The van der Waals surface area contributed by atoms with Gasteiger partial charge in [0.15, 0.2) is 0 Å². The van der Waals surface area contributed by atoms with Crippen molar-refractivity contribution in [1.29, 1.82) is 0 Å². The third kappa shape index (κ3) is 7.95. The van der Waals surface area contributed by atoms with Crippen molar-refractivity contribution in [2.75, 3.05) is 6.54 Å². The Labute approximate surface area is 243 Å². The standard InChI is InChI=1S/C32H46N4O5/c1-19(2)23-15-16-36(31(41)27(32(3,4)5)35-28(38)22-13-14-22)25(23)29(39)34-24(17-20-11-12-20)26(37)30(40)33-18-21-9-7-6-8-10-21/h6-10,19-20,22-25,27H,11-18H2,1-5H3,(H,33,40)(H,34,39)(H,35,38)/t23-,24?,25+,27-/m1/s1. The molecule has 1 heterocycles. The van der Waals surface area contributed by atoms with Crippen LogP contribution in [0.1, 0.15) is 78.7 Å². The molecule has 1 aromatic rings. The first-order valence-corrected chi connectivity index (χ1v) is 15.1. The lowest BCUT2D eigenvalue weighted by molar-refractivity contribution is -0.146. The molecule has 1 aromatic carbocycles. The Hall–Kier alpha value is -3.23. The molecule has 4 atom stereocenters. The highest BCUT2D eigenvalue weighted by Gasteiger charge is 2.48. The van der Waals surface area contributed by atoms with E-state index in [2.05, 4.69) is 16.0 Å². The Morgan fingerprint density at radius 2 is 1.56 bits per heavy atom. The number of hydrogen-bond acceptors (Lipinski definition) is 5. The molecule has 9 nitrogen and oxygen atoms in total. The number of carbonyl (C=O) groups is 5. The molecule has 0 bridgehead atoms. The molecule has 1 saturated heterocycles. The van der Waals surface area contributed by atoms with E-state index in [1.54, 1.807) is 4.90 Å². The molecular formula is C32H46N4O5. The molecule has 41 heavy (non-hydrogen) atoms. The Kier molecular flexibility index (Phi) is 9.55. The Bertz CT molecular complexity index is 1140. The first kappa shape index (κ1) is 30.7. The van der Waals surface area contributed by atoms with Gasteiger partial charge in [0.1, 0.15) is 12.1 Å². The van der Waals surface area contributed by atoms with Crippen LogP contribution >= 0.6 is 0 Å². The molecule has 9 heteroatoms. The van der Waals surface area contributed by atoms with Crippen LogP contribution < -0.4 is 16.0 Å². The maximum absolute atomic E-state index is 14.0. The van der Waals surface area contributed by atoms with Gasteiger partial charge in [0, 0.05) is 19.0 Å². The molecule has 2 aliphatic carbocycles. The molecule has 3 N–H and O–H groups in total. The first-order chi connectivity index (χ1) is 19.4. The van der Waals surface area contributed by atoms with Crippen molar-refractivity contribution < 1.29 is 24.0 Å². The van der Waals surface area contributed by atoms with Crippen molar-refractivity contribution in [1.82, 2.24) is 20.9 Å². The number of carbonyl (C=O) groups excluding carboxylic acids is 5. The van der Waals surface area contributed by atoms with E-state index >= 15 is 0 Å². The lowest BCUT2D eigenvalue weighted by Crippen LogP contribution is -2.60. The lowest BCUT2D eigenvalue weighted by atomic mass is 9.84. The van der Waals surface area contributed by atoms with E-state index in [4.69, 9.17) is 0 Å². The van der Waals surface area contributed by atoms with Crippen LogP contribution in [0.25, 0.3) is 0 Å². The first-order valence-electron chi connectivity index (χ1n) is 15.1. The third-order valence-corrected chi connectivity index (χ3v) is 8.62. The van der Waals surface area contributed by atoms with Crippen LogP contribution in [0.4, 0.5) is 0 Å². The predicted molar refractivity (Wildman–Crippen MR) is 155 cm³/mol. The Morgan fingerprint density at radius 1 is 0.902 bits per heavy atom. The van der Waals surface area contributed by atoms with Gasteiger partial charge in [-0.2, -0.15) is 0 Å². The van der Waals surface area contributed by atoms with Crippen LogP contribution in [0.5, 0.6) is 0 Å². The zero-order valence-corrected chi connectivity index (χ0v) is 25.1. The molecule has 1 aliphatic heterocycles. The molecule has 2 saturated carbocycles. The van der Waals surface area contributed by atoms with Gasteiger partial charge in [-0.25, -0.2) is 0 Å². The summed E-state index contributed by atoms with van der Waals surface area (Å²) >= 11 is 0. The van der Waals surface area contributed by atoms with Crippen LogP contribution in [0, 0.1) is 29.1 Å². The summed E-state index contributed by atoms with van der Waals surface area (Å²) < 4.78 is 0. The van der Waals surface area contributed by atoms with E-state index in [1.165, 1.54) is 0 Å². The quantitative estimate of drug-likeness (QED) is 0.336. The number of rotatable bonds is 12. The minimum atomic E-state index is -0.955. The predicted octanol–water partition coefficient (Wildman–Crippen LogP) is 2.97. The highest BCUT2D eigenvalue weighted by atomic mass is 16.2. The summed E-state index contributed by atoms with van der Waals surface area (Å²) in [6, 6.07) is 6.82. The maximum atomic E-state index is 14.0. The average molecular weight is 567 g/mol. The van der Waals surface area contributed by atoms with Crippen LogP contribution in [-0.2, 0) is 30.5 Å². The number of ketones is 1. The highest BCUT2D eigenvalue weighted by Crippen LogP contribution is 2.36. The summed E-state index contributed by atoms with van der Waals surface area (Å²) in [5, 5.41) is 8.55. The van der Waals surface area contributed by atoms with Crippen molar-refractivity contribution >= 4 is 29.4 Å². The SMILES string of the molecule is CC(C)[C@H]1CCN(C(=O)[C@@H](NC(=O)C2CC2)C(C)(C)C)[C@@H]1C(=O)NC(CC1CC1)C(=O)C(=O)NCc1ccccc1. The number of hydrogen-bond donors (Lipinski definition) is 3. The van der Waals surface area contributed by atoms with Crippen LogP contribution in [0.15, 0.2) is 30.3 Å². The summed E-state index contributed by atoms with van der Waals surface area (Å²) in [7, 11) is 0. The molecule has 0 aromatic heterocycles. The van der Waals surface area contributed by atoms with E-state index in [-0.39, 0.29) is 42.0 Å². The van der Waals surface area contributed by atoms with Gasteiger partial charge in [0.25, 0.3) is 5.91 Å². The summed E-state index contributed by atoms with van der Waals surface area (Å²) in [5.74, 6) is -1.95. The van der Waals surface area contributed by atoms with Crippen LogP contribution in [0.2, 0.25) is 0 Å². The molecule has 3 fully saturated rings. The third-order valence-electron chi connectivity index (χ3n) is 8.62. The fourth-order valence-corrected chi connectivity index (χ4v) is 5.72.